The summed E-state index contributed by atoms with van der Waals surface area (Å²) in [6.45, 7) is 12.6. The largest absolute Gasteiger partial charge is 0.444 e. The summed E-state index contributed by atoms with van der Waals surface area (Å²) >= 11 is 0. The molecule has 2 amide bonds. The number of carbonyl (C=O) groups is 2. The van der Waals surface area contributed by atoms with E-state index in [9.17, 15) is 9.59 Å². The van der Waals surface area contributed by atoms with Gasteiger partial charge in [-0.05, 0) is 71.6 Å². The van der Waals surface area contributed by atoms with Gasteiger partial charge in [0.1, 0.15) is 5.60 Å². The highest BCUT2D eigenvalue weighted by molar-refractivity contribution is 6.01. The van der Waals surface area contributed by atoms with Gasteiger partial charge in [-0.1, -0.05) is 30.7 Å². The molecule has 0 spiro atoms. The van der Waals surface area contributed by atoms with Crippen molar-refractivity contribution in [3.8, 4) is 11.3 Å². The van der Waals surface area contributed by atoms with E-state index in [4.69, 9.17) is 4.74 Å². The summed E-state index contributed by atoms with van der Waals surface area (Å²) in [4.78, 5) is 32.6. The van der Waals surface area contributed by atoms with E-state index in [1.165, 1.54) is 0 Å². The Labute approximate surface area is 191 Å². The van der Waals surface area contributed by atoms with Gasteiger partial charge in [0, 0.05) is 29.9 Å². The summed E-state index contributed by atoms with van der Waals surface area (Å²) in [5.74, 6) is 0.252. The number of benzene rings is 1. The zero-order valence-electron chi connectivity index (χ0n) is 20.1. The Morgan fingerprint density at radius 1 is 1.19 bits per heavy atom. The van der Waals surface area contributed by atoms with Crippen molar-refractivity contribution in [1.29, 1.82) is 0 Å². The van der Waals surface area contributed by atoms with Gasteiger partial charge in [0.25, 0.3) is 5.91 Å². The van der Waals surface area contributed by atoms with Crippen LogP contribution >= 0.6 is 0 Å². The number of carbonyl (C=O) groups excluding carboxylic acids is 2. The van der Waals surface area contributed by atoms with E-state index >= 15 is 0 Å². The average molecular weight is 438 g/mol. The third-order valence-corrected chi connectivity index (χ3v) is 5.80. The Morgan fingerprint density at radius 2 is 1.94 bits per heavy atom. The second-order valence-corrected chi connectivity index (χ2v) is 9.78. The Morgan fingerprint density at radius 3 is 2.62 bits per heavy atom. The van der Waals surface area contributed by atoms with Crippen LogP contribution in [0.2, 0.25) is 0 Å². The molecule has 1 aliphatic heterocycles. The number of aryl methyl sites for hydroxylation is 2. The predicted molar refractivity (Wildman–Crippen MR) is 127 cm³/mol. The SMILES string of the molecule is Cc1ccc(-c2cccc(C)n2)c(C(=O)N2CCC[C@@H](C)C2CNC(=O)OC(C)(C)C)c1. The molecule has 1 saturated heterocycles. The lowest BCUT2D eigenvalue weighted by Gasteiger charge is -2.40. The molecule has 0 radical (unpaired) electrons. The zero-order chi connectivity index (χ0) is 23.5. The molecule has 172 valence electrons. The number of aromatic nitrogens is 1. The van der Waals surface area contributed by atoms with Crippen LogP contribution in [0.25, 0.3) is 11.3 Å². The summed E-state index contributed by atoms with van der Waals surface area (Å²) < 4.78 is 5.39. The van der Waals surface area contributed by atoms with E-state index in [0.717, 1.165) is 35.4 Å². The first-order valence-electron chi connectivity index (χ1n) is 11.4. The second-order valence-electron chi connectivity index (χ2n) is 9.78. The Bertz CT molecular complexity index is 981. The molecule has 3 rings (SSSR count). The van der Waals surface area contributed by atoms with Gasteiger partial charge in [0.2, 0.25) is 0 Å². The molecule has 6 heteroatoms. The number of amides is 2. The van der Waals surface area contributed by atoms with E-state index < -0.39 is 11.7 Å². The van der Waals surface area contributed by atoms with E-state index in [2.05, 4.69) is 17.2 Å². The van der Waals surface area contributed by atoms with Crippen molar-refractivity contribution in [3.63, 3.8) is 0 Å². The minimum Gasteiger partial charge on any atom is -0.444 e. The predicted octanol–water partition coefficient (Wildman–Crippen LogP) is 5.13. The summed E-state index contributed by atoms with van der Waals surface area (Å²) in [5.41, 5.74) is 3.66. The van der Waals surface area contributed by atoms with Crippen LogP contribution in [0.5, 0.6) is 0 Å². The third kappa shape index (κ3) is 5.87. The van der Waals surface area contributed by atoms with Gasteiger partial charge in [0.15, 0.2) is 0 Å². The van der Waals surface area contributed by atoms with Crippen molar-refractivity contribution >= 4 is 12.0 Å². The van der Waals surface area contributed by atoms with E-state index in [0.29, 0.717) is 18.7 Å². The number of piperidine rings is 1. The normalized spacial score (nSPS) is 18.9. The van der Waals surface area contributed by atoms with Crippen molar-refractivity contribution in [3.05, 3.63) is 53.2 Å². The molecule has 1 fully saturated rings. The minimum atomic E-state index is -0.560. The summed E-state index contributed by atoms with van der Waals surface area (Å²) in [5, 5.41) is 2.87. The maximum atomic E-state index is 13.8. The number of hydrogen-bond donors (Lipinski definition) is 1. The molecule has 2 atom stereocenters. The number of alkyl carbamates (subject to hydrolysis) is 1. The quantitative estimate of drug-likeness (QED) is 0.720. The van der Waals surface area contributed by atoms with Gasteiger partial charge in [-0.25, -0.2) is 4.79 Å². The Kier molecular flexibility index (Phi) is 7.22. The molecule has 0 aliphatic carbocycles. The maximum absolute atomic E-state index is 13.8. The molecule has 1 unspecified atom stereocenters. The van der Waals surface area contributed by atoms with Crippen LogP contribution < -0.4 is 5.32 Å². The van der Waals surface area contributed by atoms with Crippen LogP contribution in [0.3, 0.4) is 0 Å². The van der Waals surface area contributed by atoms with Crippen LogP contribution in [0.4, 0.5) is 4.79 Å². The fourth-order valence-corrected chi connectivity index (χ4v) is 4.22. The number of hydrogen-bond acceptors (Lipinski definition) is 4. The van der Waals surface area contributed by atoms with E-state index in [-0.39, 0.29) is 17.9 Å². The highest BCUT2D eigenvalue weighted by Gasteiger charge is 2.34. The Balaban J connectivity index is 1.87. The molecule has 32 heavy (non-hydrogen) atoms. The van der Waals surface area contributed by atoms with Gasteiger partial charge in [-0.15, -0.1) is 0 Å². The lowest BCUT2D eigenvalue weighted by molar-refractivity contribution is 0.0408. The summed E-state index contributed by atoms with van der Waals surface area (Å²) in [6, 6.07) is 11.7. The van der Waals surface area contributed by atoms with Gasteiger partial charge in [0.05, 0.1) is 11.7 Å². The average Bonchev–Trinajstić information content (AvgIpc) is 2.71. The van der Waals surface area contributed by atoms with E-state index in [1.54, 1.807) is 0 Å². The molecule has 0 saturated carbocycles. The first-order valence-corrected chi connectivity index (χ1v) is 11.4. The van der Waals surface area contributed by atoms with E-state index in [1.807, 2.05) is 75.9 Å². The first kappa shape index (κ1) is 23.8. The highest BCUT2D eigenvalue weighted by Crippen LogP contribution is 2.29. The monoisotopic (exact) mass is 437 g/mol. The molecular formula is C26H35N3O3. The molecule has 6 nitrogen and oxygen atoms in total. The van der Waals surface area contributed by atoms with Gasteiger partial charge < -0.3 is 15.0 Å². The van der Waals surface area contributed by atoms with Crippen molar-refractivity contribution in [1.82, 2.24) is 15.2 Å². The summed E-state index contributed by atoms with van der Waals surface area (Å²) in [6.07, 6.45) is 1.51. The van der Waals surface area contributed by atoms with Crippen LogP contribution in [-0.2, 0) is 4.74 Å². The fourth-order valence-electron chi connectivity index (χ4n) is 4.22. The molecule has 1 aromatic carbocycles. The second kappa shape index (κ2) is 9.72. The van der Waals surface area contributed by atoms with Crippen molar-refractivity contribution in [2.45, 2.75) is 66.0 Å². The topological polar surface area (TPSA) is 71.5 Å². The van der Waals surface area contributed by atoms with Crippen LogP contribution in [-0.4, -0.2) is 46.6 Å². The lowest BCUT2D eigenvalue weighted by atomic mass is 9.89. The zero-order valence-corrected chi connectivity index (χ0v) is 20.1. The first-order chi connectivity index (χ1) is 15.0. The Hall–Kier alpha value is -2.89. The van der Waals surface area contributed by atoms with Crippen molar-refractivity contribution < 1.29 is 14.3 Å². The van der Waals surface area contributed by atoms with Crippen molar-refractivity contribution in [2.24, 2.45) is 5.92 Å². The highest BCUT2D eigenvalue weighted by atomic mass is 16.6. The third-order valence-electron chi connectivity index (χ3n) is 5.80. The van der Waals surface area contributed by atoms with Crippen molar-refractivity contribution in [2.75, 3.05) is 13.1 Å². The van der Waals surface area contributed by atoms with Gasteiger partial charge in [-0.2, -0.15) is 0 Å². The molecule has 2 aromatic rings. The van der Waals surface area contributed by atoms with Gasteiger partial charge >= 0.3 is 6.09 Å². The number of rotatable bonds is 4. The molecular weight excluding hydrogens is 402 g/mol. The smallest absolute Gasteiger partial charge is 0.407 e. The molecule has 0 bridgehead atoms. The molecule has 2 heterocycles. The van der Waals surface area contributed by atoms with Crippen LogP contribution in [0.15, 0.2) is 36.4 Å². The number of ether oxygens (including phenoxy) is 1. The molecule has 1 aromatic heterocycles. The lowest BCUT2D eigenvalue weighted by Crippen LogP contribution is -2.53. The fraction of sp³-hybridized carbons (Fsp3) is 0.500. The number of nitrogens with one attached hydrogen (secondary N) is 1. The van der Waals surface area contributed by atoms with Crippen LogP contribution in [0.1, 0.15) is 62.2 Å². The molecule has 1 N–H and O–H groups in total. The number of nitrogens with zero attached hydrogens (tertiary/aromatic N) is 2. The van der Waals surface area contributed by atoms with Crippen LogP contribution in [0, 0.1) is 19.8 Å². The van der Waals surface area contributed by atoms with Gasteiger partial charge in [-0.3, -0.25) is 9.78 Å². The number of pyridine rings is 1. The standard InChI is InChI=1S/C26H35N3O3/c1-17-12-13-20(22-11-7-10-19(3)28-22)21(15-17)24(30)29-14-8-9-18(2)23(29)16-27-25(31)32-26(4,5)6/h7,10-13,15,18,23H,8-9,14,16H2,1-6H3,(H,27,31)/t18-,23?/m1/s1. The maximum Gasteiger partial charge on any atom is 0.407 e. The number of likely N-dealkylation sites (tertiary alicyclic amines) is 1. The summed E-state index contributed by atoms with van der Waals surface area (Å²) in [7, 11) is 0. The minimum absolute atomic E-state index is 0.0189. The molecule has 1 aliphatic rings.